The fraction of sp³-hybridized carbons (Fsp3) is 0.588. The normalized spacial score (nSPS) is 23.5. The summed E-state index contributed by atoms with van der Waals surface area (Å²) in [4.78, 5) is 12.0. The standard InChI is InChI=1S/C17H26N2O/c1-12-4-3-5-15(12)11-19-17(20)10-13(2)14-6-8-16(18)9-7-14/h6-9,12-13,15H,3-5,10-11,18H2,1-2H3,(H,19,20). The minimum atomic E-state index is 0.161. The Morgan fingerprint density at radius 3 is 2.65 bits per heavy atom. The SMILES string of the molecule is CC(CC(=O)NCC1CCCC1C)c1ccc(N)cc1. The molecule has 0 heterocycles. The summed E-state index contributed by atoms with van der Waals surface area (Å²) in [5.74, 6) is 1.82. The second-order valence-electron chi connectivity index (χ2n) is 6.24. The number of carbonyl (C=O) groups excluding carboxylic acids is 1. The van der Waals surface area contributed by atoms with Gasteiger partial charge < -0.3 is 11.1 Å². The Kier molecular flexibility index (Phi) is 5.05. The third-order valence-corrected chi connectivity index (χ3v) is 4.60. The van der Waals surface area contributed by atoms with Gasteiger partial charge in [-0.05, 0) is 41.9 Å². The number of amides is 1. The molecule has 0 radical (unpaired) electrons. The highest BCUT2D eigenvalue weighted by Crippen LogP contribution is 2.30. The molecule has 1 saturated carbocycles. The van der Waals surface area contributed by atoms with E-state index >= 15 is 0 Å². The van der Waals surface area contributed by atoms with Crippen molar-refractivity contribution in [2.75, 3.05) is 12.3 Å². The molecule has 110 valence electrons. The molecule has 0 spiro atoms. The molecule has 3 atom stereocenters. The Bertz CT molecular complexity index is 441. The smallest absolute Gasteiger partial charge is 0.220 e. The summed E-state index contributed by atoms with van der Waals surface area (Å²) in [6.45, 7) is 5.22. The largest absolute Gasteiger partial charge is 0.399 e. The van der Waals surface area contributed by atoms with Crippen molar-refractivity contribution in [3.63, 3.8) is 0 Å². The van der Waals surface area contributed by atoms with Gasteiger partial charge in [0.15, 0.2) is 0 Å². The van der Waals surface area contributed by atoms with E-state index in [1.54, 1.807) is 0 Å². The number of hydrogen-bond acceptors (Lipinski definition) is 2. The fourth-order valence-corrected chi connectivity index (χ4v) is 3.06. The summed E-state index contributed by atoms with van der Waals surface area (Å²) >= 11 is 0. The van der Waals surface area contributed by atoms with E-state index < -0.39 is 0 Å². The number of anilines is 1. The van der Waals surface area contributed by atoms with Crippen LogP contribution in [0.2, 0.25) is 0 Å². The Balaban J connectivity index is 1.77. The van der Waals surface area contributed by atoms with Gasteiger partial charge in [0, 0.05) is 18.7 Å². The number of nitrogen functional groups attached to an aromatic ring is 1. The van der Waals surface area contributed by atoms with Crippen LogP contribution in [0.25, 0.3) is 0 Å². The Hall–Kier alpha value is -1.51. The van der Waals surface area contributed by atoms with Crippen LogP contribution in [-0.4, -0.2) is 12.5 Å². The molecule has 1 fully saturated rings. The quantitative estimate of drug-likeness (QED) is 0.809. The molecule has 3 unspecified atom stereocenters. The number of carbonyl (C=O) groups is 1. The second kappa shape index (κ2) is 6.78. The maximum absolute atomic E-state index is 12.0. The van der Waals surface area contributed by atoms with E-state index in [9.17, 15) is 4.79 Å². The van der Waals surface area contributed by atoms with Crippen LogP contribution in [0.3, 0.4) is 0 Å². The average Bonchev–Trinajstić information content (AvgIpc) is 2.82. The zero-order valence-electron chi connectivity index (χ0n) is 12.6. The first-order valence-electron chi connectivity index (χ1n) is 7.68. The van der Waals surface area contributed by atoms with E-state index in [1.165, 1.54) is 24.8 Å². The van der Waals surface area contributed by atoms with E-state index in [-0.39, 0.29) is 11.8 Å². The van der Waals surface area contributed by atoms with Crippen molar-refractivity contribution in [3.05, 3.63) is 29.8 Å². The van der Waals surface area contributed by atoms with Crippen LogP contribution in [0, 0.1) is 11.8 Å². The zero-order valence-corrected chi connectivity index (χ0v) is 12.6. The highest BCUT2D eigenvalue weighted by atomic mass is 16.1. The summed E-state index contributed by atoms with van der Waals surface area (Å²) in [5, 5.41) is 3.10. The lowest BCUT2D eigenvalue weighted by atomic mass is 9.96. The van der Waals surface area contributed by atoms with Gasteiger partial charge >= 0.3 is 0 Å². The highest BCUT2D eigenvalue weighted by Gasteiger charge is 2.23. The molecule has 0 bridgehead atoms. The van der Waals surface area contributed by atoms with E-state index in [2.05, 4.69) is 19.2 Å². The molecule has 20 heavy (non-hydrogen) atoms. The summed E-state index contributed by atoms with van der Waals surface area (Å²) in [7, 11) is 0. The monoisotopic (exact) mass is 274 g/mol. The molecule has 1 aliphatic carbocycles. The van der Waals surface area contributed by atoms with Gasteiger partial charge in [-0.2, -0.15) is 0 Å². The maximum Gasteiger partial charge on any atom is 0.220 e. The lowest BCUT2D eigenvalue weighted by molar-refractivity contribution is -0.121. The Labute approximate surface area is 121 Å². The van der Waals surface area contributed by atoms with E-state index in [1.807, 2.05) is 24.3 Å². The predicted octanol–water partition coefficient (Wildman–Crippen LogP) is 3.31. The highest BCUT2D eigenvalue weighted by molar-refractivity contribution is 5.76. The first kappa shape index (κ1) is 14.9. The number of benzene rings is 1. The second-order valence-corrected chi connectivity index (χ2v) is 6.24. The van der Waals surface area contributed by atoms with Gasteiger partial charge in [0.2, 0.25) is 5.91 Å². The average molecular weight is 274 g/mol. The Morgan fingerprint density at radius 2 is 2.05 bits per heavy atom. The zero-order chi connectivity index (χ0) is 14.5. The summed E-state index contributed by atoms with van der Waals surface area (Å²) < 4.78 is 0. The van der Waals surface area contributed by atoms with Gasteiger partial charge in [-0.25, -0.2) is 0 Å². The van der Waals surface area contributed by atoms with Gasteiger partial charge in [0.1, 0.15) is 0 Å². The van der Waals surface area contributed by atoms with Crippen molar-refractivity contribution < 1.29 is 4.79 Å². The first-order chi connectivity index (χ1) is 9.56. The van der Waals surface area contributed by atoms with Gasteiger partial charge in [-0.3, -0.25) is 4.79 Å². The lowest BCUT2D eigenvalue weighted by Crippen LogP contribution is -2.30. The molecule has 3 N–H and O–H groups in total. The minimum Gasteiger partial charge on any atom is -0.399 e. The molecular formula is C17H26N2O. The van der Waals surface area contributed by atoms with Crippen molar-refractivity contribution in [3.8, 4) is 0 Å². The van der Waals surface area contributed by atoms with Crippen molar-refractivity contribution in [2.45, 2.75) is 45.4 Å². The molecule has 3 nitrogen and oxygen atoms in total. The van der Waals surface area contributed by atoms with Crippen LogP contribution in [0.4, 0.5) is 5.69 Å². The van der Waals surface area contributed by atoms with Crippen LogP contribution in [0.1, 0.15) is 51.0 Å². The van der Waals surface area contributed by atoms with Gasteiger partial charge in [0.05, 0.1) is 0 Å². The van der Waals surface area contributed by atoms with Crippen LogP contribution < -0.4 is 11.1 Å². The number of nitrogens with one attached hydrogen (secondary N) is 1. The number of hydrogen-bond donors (Lipinski definition) is 2. The third kappa shape index (κ3) is 3.99. The van der Waals surface area contributed by atoms with Crippen molar-refractivity contribution >= 4 is 11.6 Å². The molecule has 0 aromatic heterocycles. The summed E-state index contributed by atoms with van der Waals surface area (Å²) in [6, 6.07) is 7.80. The molecular weight excluding hydrogens is 248 g/mol. The lowest BCUT2D eigenvalue weighted by Gasteiger charge is -2.17. The van der Waals surface area contributed by atoms with Crippen LogP contribution in [0.15, 0.2) is 24.3 Å². The van der Waals surface area contributed by atoms with Gasteiger partial charge in [-0.15, -0.1) is 0 Å². The van der Waals surface area contributed by atoms with E-state index in [0.717, 1.165) is 18.2 Å². The first-order valence-corrected chi connectivity index (χ1v) is 7.68. The molecule has 2 rings (SSSR count). The molecule has 3 heteroatoms. The molecule has 1 aliphatic rings. The molecule has 0 aliphatic heterocycles. The number of nitrogens with two attached hydrogens (primary N) is 1. The van der Waals surface area contributed by atoms with E-state index in [0.29, 0.717) is 12.3 Å². The van der Waals surface area contributed by atoms with Crippen LogP contribution in [0.5, 0.6) is 0 Å². The summed E-state index contributed by atoms with van der Waals surface area (Å²) in [5.41, 5.74) is 7.61. The third-order valence-electron chi connectivity index (χ3n) is 4.60. The van der Waals surface area contributed by atoms with Crippen molar-refractivity contribution in [1.29, 1.82) is 0 Å². The Morgan fingerprint density at radius 1 is 1.35 bits per heavy atom. The van der Waals surface area contributed by atoms with E-state index in [4.69, 9.17) is 5.73 Å². The van der Waals surface area contributed by atoms with Gasteiger partial charge in [-0.1, -0.05) is 38.8 Å². The molecule has 1 aromatic rings. The van der Waals surface area contributed by atoms with Gasteiger partial charge in [0.25, 0.3) is 0 Å². The van der Waals surface area contributed by atoms with Crippen molar-refractivity contribution in [2.24, 2.45) is 11.8 Å². The maximum atomic E-state index is 12.0. The minimum absolute atomic E-state index is 0.161. The number of rotatable bonds is 5. The topological polar surface area (TPSA) is 55.1 Å². The molecule has 1 amide bonds. The molecule has 0 saturated heterocycles. The predicted molar refractivity (Wildman–Crippen MR) is 83.4 cm³/mol. The fourth-order valence-electron chi connectivity index (χ4n) is 3.06. The molecule has 1 aromatic carbocycles. The van der Waals surface area contributed by atoms with Crippen molar-refractivity contribution in [1.82, 2.24) is 5.32 Å². The van der Waals surface area contributed by atoms with Crippen LogP contribution in [-0.2, 0) is 4.79 Å². The summed E-state index contributed by atoms with van der Waals surface area (Å²) in [6.07, 6.45) is 4.42. The van der Waals surface area contributed by atoms with Crippen LogP contribution >= 0.6 is 0 Å².